The van der Waals surface area contributed by atoms with Gasteiger partial charge >= 0.3 is 0 Å². The monoisotopic (exact) mass is 354 g/mol. The molecule has 1 heterocycles. The number of benzene rings is 3. The van der Waals surface area contributed by atoms with Crippen molar-refractivity contribution in [2.24, 2.45) is 0 Å². The molecule has 3 heteroatoms. The van der Waals surface area contributed by atoms with E-state index in [0.29, 0.717) is 6.42 Å². The zero-order valence-corrected chi connectivity index (χ0v) is 15.1. The number of para-hydroxylation sites is 1. The van der Waals surface area contributed by atoms with Gasteiger partial charge in [0.15, 0.2) is 0 Å². The lowest BCUT2D eigenvalue weighted by molar-refractivity contribution is -0.121. The second-order valence-electron chi connectivity index (χ2n) is 6.76. The number of nitrogens with one attached hydrogen (secondary N) is 2. The summed E-state index contributed by atoms with van der Waals surface area (Å²) in [6, 6.07) is 28.5. The van der Waals surface area contributed by atoms with E-state index in [-0.39, 0.29) is 11.9 Å². The van der Waals surface area contributed by atoms with E-state index in [1.165, 1.54) is 5.56 Å². The summed E-state index contributed by atoms with van der Waals surface area (Å²) in [7, 11) is 0. The first kappa shape index (κ1) is 17.1. The molecule has 3 aromatic carbocycles. The predicted octanol–water partition coefficient (Wildman–Crippen LogP) is 4.81. The van der Waals surface area contributed by atoms with Gasteiger partial charge in [-0.3, -0.25) is 4.79 Å². The molecule has 0 spiro atoms. The Bertz CT molecular complexity index is 1020. The summed E-state index contributed by atoms with van der Waals surface area (Å²) in [4.78, 5) is 16.0. The number of hydrogen-bond donors (Lipinski definition) is 2. The third-order valence-electron chi connectivity index (χ3n) is 4.85. The minimum atomic E-state index is -0.0497. The van der Waals surface area contributed by atoms with E-state index >= 15 is 0 Å². The van der Waals surface area contributed by atoms with Gasteiger partial charge < -0.3 is 10.3 Å². The average molecular weight is 354 g/mol. The molecule has 4 rings (SSSR count). The molecule has 1 aromatic heterocycles. The van der Waals surface area contributed by atoms with Crippen LogP contribution < -0.4 is 5.32 Å². The van der Waals surface area contributed by atoms with E-state index in [0.717, 1.165) is 28.5 Å². The summed E-state index contributed by atoms with van der Waals surface area (Å²) in [5, 5.41) is 4.34. The van der Waals surface area contributed by atoms with Crippen LogP contribution in [0.1, 0.15) is 22.7 Å². The van der Waals surface area contributed by atoms with Crippen LogP contribution >= 0.6 is 0 Å². The molecule has 27 heavy (non-hydrogen) atoms. The van der Waals surface area contributed by atoms with Crippen LogP contribution in [-0.2, 0) is 17.6 Å². The van der Waals surface area contributed by atoms with Crippen molar-refractivity contribution in [3.63, 3.8) is 0 Å². The Labute approximate surface area is 159 Å². The van der Waals surface area contributed by atoms with Gasteiger partial charge in [0, 0.05) is 17.1 Å². The van der Waals surface area contributed by atoms with E-state index in [1.54, 1.807) is 0 Å². The minimum Gasteiger partial charge on any atom is -0.361 e. The molecule has 0 saturated heterocycles. The van der Waals surface area contributed by atoms with Gasteiger partial charge in [-0.2, -0.15) is 0 Å². The predicted molar refractivity (Wildman–Crippen MR) is 109 cm³/mol. The lowest BCUT2D eigenvalue weighted by atomic mass is 9.98. The SMILES string of the molecule is O=C(Cc1c[nH]c2ccccc12)N[C@@H](Cc1ccccc1)c1ccccc1. The summed E-state index contributed by atoms with van der Waals surface area (Å²) in [6.45, 7) is 0. The summed E-state index contributed by atoms with van der Waals surface area (Å²) < 4.78 is 0. The van der Waals surface area contributed by atoms with E-state index in [2.05, 4.69) is 34.6 Å². The third-order valence-corrected chi connectivity index (χ3v) is 4.85. The fraction of sp³-hybridized carbons (Fsp3) is 0.125. The molecule has 0 aliphatic rings. The molecule has 0 radical (unpaired) electrons. The summed E-state index contributed by atoms with van der Waals surface area (Å²) in [5.74, 6) is 0.0320. The molecular formula is C24H22N2O. The number of fused-ring (bicyclic) bond motifs is 1. The number of hydrogen-bond acceptors (Lipinski definition) is 1. The highest BCUT2D eigenvalue weighted by Gasteiger charge is 2.16. The molecular weight excluding hydrogens is 332 g/mol. The molecule has 1 atom stereocenters. The molecule has 0 saturated carbocycles. The van der Waals surface area contributed by atoms with Crippen molar-refractivity contribution in [1.29, 1.82) is 0 Å². The Hall–Kier alpha value is -3.33. The van der Waals surface area contributed by atoms with Crippen molar-refractivity contribution >= 4 is 16.8 Å². The number of H-pyrrole nitrogens is 1. The highest BCUT2D eigenvalue weighted by molar-refractivity contribution is 5.89. The van der Waals surface area contributed by atoms with Crippen LogP contribution in [-0.4, -0.2) is 10.9 Å². The van der Waals surface area contributed by atoms with Crippen molar-refractivity contribution in [1.82, 2.24) is 10.3 Å². The van der Waals surface area contributed by atoms with Gasteiger partial charge in [0.2, 0.25) is 5.91 Å². The molecule has 2 N–H and O–H groups in total. The van der Waals surface area contributed by atoms with Crippen LogP contribution in [0.3, 0.4) is 0 Å². The number of aromatic nitrogens is 1. The second-order valence-corrected chi connectivity index (χ2v) is 6.76. The first-order valence-electron chi connectivity index (χ1n) is 9.23. The van der Waals surface area contributed by atoms with Crippen LogP contribution in [0, 0.1) is 0 Å². The highest BCUT2D eigenvalue weighted by Crippen LogP contribution is 2.21. The lowest BCUT2D eigenvalue weighted by Gasteiger charge is -2.19. The highest BCUT2D eigenvalue weighted by atomic mass is 16.1. The largest absolute Gasteiger partial charge is 0.361 e. The van der Waals surface area contributed by atoms with E-state index in [4.69, 9.17) is 0 Å². The number of amides is 1. The second kappa shape index (κ2) is 7.92. The number of aromatic amines is 1. The standard InChI is InChI=1S/C24H22N2O/c27-24(16-20-17-25-22-14-8-7-13-21(20)22)26-23(19-11-5-2-6-12-19)15-18-9-3-1-4-10-18/h1-14,17,23,25H,15-16H2,(H,26,27)/t23-/m0/s1. The Morgan fingerprint density at radius 3 is 2.30 bits per heavy atom. The first-order chi connectivity index (χ1) is 13.3. The maximum absolute atomic E-state index is 12.8. The summed E-state index contributed by atoms with van der Waals surface area (Å²) >= 11 is 0. The van der Waals surface area contributed by atoms with Gasteiger partial charge in [-0.15, -0.1) is 0 Å². The maximum atomic E-state index is 12.8. The Balaban J connectivity index is 1.53. The van der Waals surface area contributed by atoms with E-state index in [1.807, 2.05) is 66.9 Å². The minimum absolute atomic E-state index is 0.0320. The van der Waals surface area contributed by atoms with Crippen molar-refractivity contribution in [2.45, 2.75) is 18.9 Å². The molecule has 0 unspecified atom stereocenters. The lowest BCUT2D eigenvalue weighted by Crippen LogP contribution is -2.31. The zero-order chi connectivity index (χ0) is 18.5. The smallest absolute Gasteiger partial charge is 0.224 e. The maximum Gasteiger partial charge on any atom is 0.224 e. The number of carbonyl (C=O) groups is 1. The van der Waals surface area contributed by atoms with Crippen LogP contribution in [0.4, 0.5) is 0 Å². The summed E-state index contributed by atoms with van der Waals surface area (Å²) in [5.41, 5.74) is 4.41. The molecule has 134 valence electrons. The Kier molecular flexibility index (Phi) is 5.01. The summed E-state index contributed by atoms with van der Waals surface area (Å²) in [6.07, 6.45) is 3.06. The molecule has 0 aliphatic carbocycles. The normalized spacial score (nSPS) is 12.0. The number of rotatable bonds is 6. The Morgan fingerprint density at radius 1 is 0.852 bits per heavy atom. The van der Waals surface area contributed by atoms with Crippen LogP contribution in [0.25, 0.3) is 10.9 Å². The van der Waals surface area contributed by atoms with Crippen LogP contribution in [0.15, 0.2) is 91.1 Å². The topological polar surface area (TPSA) is 44.9 Å². The van der Waals surface area contributed by atoms with Gasteiger partial charge in [0.05, 0.1) is 12.5 Å². The fourth-order valence-corrected chi connectivity index (χ4v) is 3.48. The third kappa shape index (κ3) is 4.09. The van der Waals surface area contributed by atoms with Gasteiger partial charge in [-0.1, -0.05) is 78.9 Å². The van der Waals surface area contributed by atoms with Crippen molar-refractivity contribution in [3.05, 3.63) is 108 Å². The fourth-order valence-electron chi connectivity index (χ4n) is 3.48. The quantitative estimate of drug-likeness (QED) is 0.513. The van der Waals surface area contributed by atoms with Gasteiger partial charge in [-0.25, -0.2) is 0 Å². The molecule has 3 nitrogen and oxygen atoms in total. The van der Waals surface area contributed by atoms with Crippen LogP contribution in [0.5, 0.6) is 0 Å². The van der Waals surface area contributed by atoms with Crippen LogP contribution in [0.2, 0.25) is 0 Å². The van der Waals surface area contributed by atoms with Crippen molar-refractivity contribution in [3.8, 4) is 0 Å². The molecule has 1 amide bonds. The Morgan fingerprint density at radius 2 is 1.52 bits per heavy atom. The van der Waals surface area contributed by atoms with Crippen molar-refractivity contribution < 1.29 is 4.79 Å². The van der Waals surface area contributed by atoms with Gasteiger partial charge in [0.25, 0.3) is 0 Å². The van der Waals surface area contributed by atoms with Gasteiger partial charge in [0.1, 0.15) is 0 Å². The van der Waals surface area contributed by atoms with E-state index < -0.39 is 0 Å². The van der Waals surface area contributed by atoms with E-state index in [9.17, 15) is 4.79 Å². The molecule has 0 fully saturated rings. The average Bonchev–Trinajstić information content (AvgIpc) is 3.12. The number of carbonyl (C=O) groups excluding carboxylic acids is 1. The molecule has 4 aromatic rings. The molecule has 0 bridgehead atoms. The molecule has 0 aliphatic heterocycles. The zero-order valence-electron chi connectivity index (χ0n) is 15.1. The van der Waals surface area contributed by atoms with Gasteiger partial charge in [-0.05, 0) is 29.2 Å². The van der Waals surface area contributed by atoms with Crippen molar-refractivity contribution in [2.75, 3.05) is 0 Å². The first-order valence-corrected chi connectivity index (χ1v) is 9.23.